The highest BCUT2D eigenvalue weighted by molar-refractivity contribution is 5.66. The van der Waals surface area contributed by atoms with E-state index in [0.29, 0.717) is 11.5 Å². The van der Waals surface area contributed by atoms with E-state index in [-0.39, 0.29) is 0 Å². The van der Waals surface area contributed by atoms with E-state index in [9.17, 15) is 4.79 Å². The predicted molar refractivity (Wildman–Crippen MR) is 31.2 cm³/mol. The van der Waals surface area contributed by atoms with Crippen LogP contribution in [0, 0.1) is 5.41 Å². The minimum atomic E-state index is -0.872. The summed E-state index contributed by atoms with van der Waals surface area (Å²) in [7, 11) is 0. The normalized spacial score (nSPS) is 34.0. The molecular weight excluding hydrogens is 118 g/mol. The molecular formula is C6H9NO2. The van der Waals surface area contributed by atoms with Crippen molar-refractivity contribution in [3.8, 4) is 0 Å². The van der Waals surface area contributed by atoms with Gasteiger partial charge in [0, 0.05) is 6.04 Å². The maximum atomic E-state index is 10.1. The number of hydrogen-bond acceptors (Lipinski definition) is 1. The van der Waals surface area contributed by atoms with Gasteiger partial charge in [0.1, 0.15) is 0 Å². The zero-order valence-electron chi connectivity index (χ0n) is 5.05. The van der Waals surface area contributed by atoms with Crippen LogP contribution in [-0.4, -0.2) is 17.2 Å². The third kappa shape index (κ3) is 0.677. The minimum absolute atomic E-state index is 0.301. The van der Waals surface area contributed by atoms with Gasteiger partial charge in [0.15, 0.2) is 0 Å². The molecule has 0 heterocycles. The Morgan fingerprint density at radius 3 is 2.67 bits per heavy atom. The second kappa shape index (κ2) is 1.23. The quantitative estimate of drug-likeness (QED) is 0.547. The van der Waals surface area contributed by atoms with Crippen molar-refractivity contribution in [3.63, 3.8) is 0 Å². The number of hydrogen-bond donors (Lipinski definition) is 2. The fraction of sp³-hybridized carbons (Fsp3) is 0.833. The number of carboxylic acid groups (broad SMARTS) is 1. The fourth-order valence-electron chi connectivity index (χ4n) is 1.41. The summed E-state index contributed by atoms with van der Waals surface area (Å²) in [5.74, 6) is 0. The number of carbonyl (C=O) groups is 1. The van der Waals surface area contributed by atoms with Gasteiger partial charge in [-0.05, 0) is 24.7 Å². The highest BCUT2D eigenvalue weighted by Gasteiger charge is 2.63. The monoisotopic (exact) mass is 127 g/mol. The smallest absolute Gasteiger partial charge is 0.404 e. The standard InChI is InChI=1S/C6H9NO2/c8-5(9)7-4-3-6(4)1-2-6/h4,7H,1-3H2,(H,8,9). The highest BCUT2D eigenvalue weighted by atomic mass is 16.4. The Hall–Kier alpha value is -0.730. The van der Waals surface area contributed by atoms with Gasteiger partial charge in [0.2, 0.25) is 0 Å². The van der Waals surface area contributed by atoms with E-state index in [2.05, 4.69) is 5.32 Å². The van der Waals surface area contributed by atoms with Crippen LogP contribution in [0.5, 0.6) is 0 Å². The first kappa shape index (κ1) is 5.09. The SMILES string of the molecule is O=C(O)NC1CC12CC2. The molecule has 1 amide bonds. The molecule has 0 saturated heterocycles. The van der Waals surface area contributed by atoms with Crippen LogP contribution in [0.3, 0.4) is 0 Å². The van der Waals surface area contributed by atoms with Gasteiger partial charge in [-0.1, -0.05) is 0 Å². The molecule has 2 aliphatic rings. The molecule has 0 aromatic rings. The Kier molecular flexibility index (Phi) is 0.693. The van der Waals surface area contributed by atoms with Crippen molar-refractivity contribution < 1.29 is 9.90 Å². The van der Waals surface area contributed by atoms with Crippen molar-refractivity contribution in [1.82, 2.24) is 5.32 Å². The maximum absolute atomic E-state index is 10.1. The van der Waals surface area contributed by atoms with E-state index in [1.807, 2.05) is 0 Å². The Balaban J connectivity index is 1.84. The van der Waals surface area contributed by atoms with Crippen LogP contribution < -0.4 is 5.32 Å². The molecule has 0 aliphatic heterocycles. The lowest BCUT2D eigenvalue weighted by Crippen LogP contribution is -2.24. The average Bonchev–Trinajstić information content (AvgIpc) is 2.54. The second-order valence-electron chi connectivity index (χ2n) is 3.07. The summed E-state index contributed by atoms with van der Waals surface area (Å²) < 4.78 is 0. The fourth-order valence-corrected chi connectivity index (χ4v) is 1.41. The lowest BCUT2D eigenvalue weighted by atomic mass is 10.4. The van der Waals surface area contributed by atoms with Gasteiger partial charge >= 0.3 is 6.09 Å². The second-order valence-corrected chi connectivity index (χ2v) is 3.07. The van der Waals surface area contributed by atoms with Crippen LogP contribution in [0.4, 0.5) is 4.79 Å². The Morgan fingerprint density at radius 2 is 2.33 bits per heavy atom. The van der Waals surface area contributed by atoms with Gasteiger partial charge in [0.25, 0.3) is 0 Å². The predicted octanol–water partition coefficient (Wildman–Crippen LogP) is 0.806. The summed E-state index contributed by atoms with van der Waals surface area (Å²) in [6.07, 6.45) is 2.68. The van der Waals surface area contributed by atoms with Crippen molar-refractivity contribution in [2.45, 2.75) is 25.3 Å². The topological polar surface area (TPSA) is 49.3 Å². The van der Waals surface area contributed by atoms with Crippen LogP contribution in [0.25, 0.3) is 0 Å². The molecule has 1 spiro atoms. The molecule has 3 heteroatoms. The minimum Gasteiger partial charge on any atom is -0.465 e. The zero-order chi connectivity index (χ0) is 6.48. The largest absolute Gasteiger partial charge is 0.465 e. The van der Waals surface area contributed by atoms with E-state index >= 15 is 0 Å². The van der Waals surface area contributed by atoms with E-state index in [1.54, 1.807) is 0 Å². The van der Waals surface area contributed by atoms with Gasteiger partial charge in [-0.15, -0.1) is 0 Å². The molecule has 50 valence electrons. The maximum Gasteiger partial charge on any atom is 0.404 e. The molecule has 1 atom stereocenters. The zero-order valence-corrected chi connectivity index (χ0v) is 5.05. The van der Waals surface area contributed by atoms with Gasteiger partial charge in [0.05, 0.1) is 0 Å². The van der Waals surface area contributed by atoms with E-state index in [0.717, 1.165) is 6.42 Å². The average molecular weight is 127 g/mol. The highest BCUT2D eigenvalue weighted by Crippen LogP contribution is 2.65. The van der Waals surface area contributed by atoms with Crippen molar-refractivity contribution in [2.24, 2.45) is 5.41 Å². The van der Waals surface area contributed by atoms with Crippen molar-refractivity contribution in [1.29, 1.82) is 0 Å². The van der Waals surface area contributed by atoms with Crippen LogP contribution in [0.2, 0.25) is 0 Å². The lowest BCUT2D eigenvalue weighted by Gasteiger charge is -1.93. The first-order valence-corrected chi connectivity index (χ1v) is 3.22. The first-order chi connectivity index (χ1) is 4.23. The molecule has 9 heavy (non-hydrogen) atoms. The molecule has 0 aromatic carbocycles. The third-order valence-electron chi connectivity index (χ3n) is 2.38. The van der Waals surface area contributed by atoms with Crippen LogP contribution in [-0.2, 0) is 0 Å². The van der Waals surface area contributed by atoms with Crippen molar-refractivity contribution >= 4 is 6.09 Å². The van der Waals surface area contributed by atoms with Gasteiger partial charge in [-0.2, -0.15) is 0 Å². The number of amides is 1. The first-order valence-electron chi connectivity index (χ1n) is 3.22. The number of rotatable bonds is 1. The molecule has 2 fully saturated rings. The molecule has 2 saturated carbocycles. The van der Waals surface area contributed by atoms with Crippen LogP contribution >= 0.6 is 0 Å². The summed E-state index contributed by atoms with van der Waals surface area (Å²) in [4.78, 5) is 10.1. The molecule has 2 N–H and O–H groups in total. The van der Waals surface area contributed by atoms with Crippen molar-refractivity contribution in [3.05, 3.63) is 0 Å². The molecule has 2 rings (SSSR count). The summed E-state index contributed by atoms with van der Waals surface area (Å²) >= 11 is 0. The molecule has 0 radical (unpaired) electrons. The van der Waals surface area contributed by atoms with E-state index in [4.69, 9.17) is 5.11 Å². The Labute approximate surface area is 53.1 Å². The van der Waals surface area contributed by atoms with Gasteiger partial charge < -0.3 is 10.4 Å². The lowest BCUT2D eigenvalue weighted by molar-refractivity contribution is 0.193. The molecule has 0 aromatic heterocycles. The van der Waals surface area contributed by atoms with Gasteiger partial charge in [-0.3, -0.25) is 0 Å². The molecule has 3 nitrogen and oxygen atoms in total. The Bertz CT molecular complexity index is 162. The van der Waals surface area contributed by atoms with Crippen molar-refractivity contribution in [2.75, 3.05) is 0 Å². The summed E-state index contributed by atoms with van der Waals surface area (Å²) in [5, 5.41) is 10.8. The Morgan fingerprint density at radius 1 is 1.67 bits per heavy atom. The molecule has 2 aliphatic carbocycles. The van der Waals surface area contributed by atoms with Crippen LogP contribution in [0.1, 0.15) is 19.3 Å². The number of nitrogens with one attached hydrogen (secondary N) is 1. The molecule has 0 bridgehead atoms. The van der Waals surface area contributed by atoms with E-state index in [1.165, 1.54) is 12.8 Å². The van der Waals surface area contributed by atoms with Crippen LogP contribution in [0.15, 0.2) is 0 Å². The summed E-state index contributed by atoms with van der Waals surface area (Å²) in [5.41, 5.74) is 0.457. The van der Waals surface area contributed by atoms with E-state index < -0.39 is 6.09 Å². The molecule has 1 unspecified atom stereocenters. The summed E-state index contributed by atoms with van der Waals surface area (Å²) in [6.45, 7) is 0. The van der Waals surface area contributed by atoms with Gasteiger partial charge in [-0.25, -0.2) is 4.79 Å². The summed E-state index contributed by atoms with van der Waals surface area (Å²) in [6, 6.07) is 0.301. The third-order valence-corrected chi connectivity index (χ3v) is 2.38.